The number of hydrogen-bond donors (Lipinski definition) is 1. The minimum atomic E-state index is -1.12. The van der Waals surface area contributed by atoms with Crippen molar-refractivity contribution in [3.63, 3.8) is 0 Å². The molecule has 1 N–H and O–H groups in total. The summed E-state index contributed by atoms with van der Waals surface area (Å²) < 4.78 is 1.43. The second-order valence-corrected chi connectivity index (χ2v) is 4.03. The smallest absolute Gasteiger partial charge is 0.356 e. The number of aromatic nitrogens is 2. The third kappa shape index (κ3) is 2.38. The molecule has 0 amide bonds. The van der Waals surface area contributed by atoms with Crippen molar-refractivity contribution in [2.24, 2.45) is 0 Å². The summed E-state index contributed by atoms with van der Waals surface area (Å²) in [5.74, 6) is -1.12. The third-order valence-corrected chi connectivity index (χ3v) is 2.42. The molecule has 15 heavy (non-hydrogen) atoms. The maximum Gasteiger partial charge on any atom is 0.356 e. The van der Waals surface area contributed by atoms with Gasteiger partial charge in [0.25, 0.3) is 0 Å². The summed E-state index contributed by atoms with van der Waals surface area (Å²) in [5, 5.41) is 12.4. The van der Waals surface area contributed by atoms with Gasteiger partial charge in [0.2, 0.25) is 5.12 Å². The van der Waals surface area contributed by atoms with Crippen molar-refractivity contribution in [2.75, 3.05) is 6.26 Å². The molecule has 0 radical (unpaired) electrons. The van der Waals surface area contributed by atoms with Gasteiger partial charge in [-0.1, -0.05) is 11.8 Å². The molecule has 0 aliphatic carbocycles. The highest BCUT2D eigenvalue weighted by molar-refractivity contribution is 8.13. The van der Waals surface area contributed by atoms with Crippen LogP contribution in [0.4, 0.5) is 0 Å². The summed E-state index contributed by atoms with van der Waals surface area (Å²) in [7, 11) is 0. The SMILES string of the molecule is CSC(=O)c1cc(C(=O)O)nn1C(C)C. The number of hydrogen-bond acceptors (Lipinski definition) is 4. The normalized spacial score (nSPS) is 10.7. The molecule has 1 aromatic rings. The fourth-order valence-electron chi connectivity index (χ4n) is 1.15. The first kappa shape index (κ1) is 11.8. The van der Waals surface area contributed by atoms with Crippen LogP contribution in [0.1, 0.15) is 40.9 Å². The minimum Gasteiger partial charge on any atom is -0.476 e. The van der Waals surface area contributed by atoms with E-state index in [9.17, 15) is 9.59 Å². The Morgan fingerprint density at radius 3 is 2.53 bits per heavy atom. The number of carbonyl (C=O) groups is 2. The Balaban J connectivity index is 3.23. The molecule has 1 rings (SSSR count). The summed E-state index contributed by atoms with van der Waals surface area (Å²) in [6.45, 7) is 3.69. The summed E-state index contributed by atoms with van der Waals surface area (Å²) in [6, 6.07) is 1.27. The Morgan fingerprint density at radius 1 is 1.53 bits per heavy atom. The van der Waals surface area contributed by atoms with Crippen molar-refractivity contribution in [1.29, 1.82) is 0 Å². The van der Waals surface area contributed by atoms with Crippen LogP contribution >= 0.6 is 11.8 Å². The summed E-state index contributed by atoms with van der Waals surface area (Å²) >= 11 is 1.04. The first-order chi connectivity index (χ1) is 6.97. The predicted octanol–water partition coefficient (Wildman–Crippen LogP) is 1.67. The number of nitrogens with zero attached hydrogens (tertiary/aromatic N) is 2. The van der Waals surface area contributed by atoms with Gasteiger partial charge in [-0.3, -0.25) is 9.48 Å². The zero-order valence-corrected chi connectivity index (χ0v) is 9.54. The lowest BCUT2D eigenvalue weighted by atomic mass is 10.3. The van der Waals surface area contributed by atoms with E-state index in [1.165, 1.54) is 10.7 Å². The molecule has 82 valence electrons. The highest BCUT2D eigenvalue weighted by Gasteiger charge is 2.19. The van der Waals surface area contributed by atoms with Crippen LogP contribution in [-0.4, -0.2) is 32.2 Å². The molecule has 0 fully saturated rings. The molecule has 1 heterocycles. The summed E-state index contributed by atoms with van der Waals surface area (Å²) in [6.07, 6.45) is 1.65. The van der Waals surface area contributed by atoms with Crippen LogP contribution in [0.25, 0.3) is 0 Å². The summed E-state index contributed by atoms with van der Waals surface area (Å²) in [4.78, 5) is 22.2. The van der Waals surface area contributed by atoms with Gasteiger partial charge in [0.05, 0.1) is 0 Å². The van der Waals surface area contributed by atoms with E-state index < -0.39 is 5.97 Å². The molecule has 0 aliphatic rings. The Labute approximate surface area is 91.5 Å². The van der Waals surface area contributed by atoms with Gasteiger partial charge < -0.3 is 5.11 Å². The van der Waals surface area contributed by atoms with Gasteiger partial charge in [0, 0.05) is 12.1 Å². The van der Waals surface area contributed by atoms with Crippen LogP contribution in [0.3, 0.4) is 0 Å². The second-order valence-electron chi connectivity index (χ2n) is 3.25. The Bertz CT molecular complexity index is 398. The number of carboxylic acids is 1. The Kier molecular flexibility index (Phi) is 3.52. The van der Waals surface area contributed by atoms with Gasteiger partial charge in [0.1, 0.15) is 5.69 Å². The molecule has 0 aliphatic heterocycles. The molecule has 0 bridgehead atoms. The standard InChI is InChI=1S/C9H12N2O3S/c1-5(2)11-7(9(14)15-3)4-6(10-11)8(12)13/h4-5H,1-3H3,(H,12,13). The van der Waals surface area contributed by atoms with E-state index >= 15 is 0 Å². The fraction of sp³-hybridized carbons (Fsp3) is 0.444. The van der Waals surface area contributed by atoms with E-state index in [-0.39, 0.29) is 16.9 Å². The van der Waals surface area contributed by atoms with Crippen molar-refractivity contribution >= 4 is 22.8 Å². The Hall–Kier alpha value is -1.30. The maximum absolute atomic E-state index is 11.5. The Morgan fingerprint density at radius 2 is 2.13 bits per heavy atom. The molecule has 0 unspecified atom stereocenters. The van der Waals surface area contributed by atoms with Gasteiger partial charge >= 0.3 is 5.97 Å². The predicted molar refractivity (Wildman–Crippen MR) is 57.4 cm³/mol. The van der Waals surface area contributed by atoms with Crippen molar-refractivity contribution in [3.05, 3.63) is 17.5 Å². The molecule has 0 aromatic carbocycles. The van der Waals surface area contributed by atoms with Crippen molar-refractivity contribution in [3.8, 4) is 0 Å². The van der Waals surface area contributed by atoms with Crippen LogP contribution in [-0.2, 0) is 0 Å². The van der Waals surface area contributed by atoms with Crippen LogP contribution in [0.2, 0.25) is 0 Å². The van der Waals surface area contributed by atoms with Crippen LogP contribution in [0.5, 0.6) is 0 Å². The summed E-state index contributed by atoms with van der Waals surface area (Å²) in [5.41, 5.74) is 0.232. The molecule has 1 aromatic heterocycles. The lowest BCUT2D eigenvalue weighted by Gasteiger charge is -2.08. The molecular formula is C9H12N2O3S. The van der Waals surface area contributed by atoms with Crippen LogP contribution < -0.4 is 0 Å². The van der Waals surface area contributed by atoms with E-state index in [4.69, 9.17) is 5.11 Å². The molecular weight excluding hydrogens is 216 g/mol. The van der Waals surface area contributed by atoms with E-state index in [0.29, 0.717) is 5.69 Å². The first-order valence-electron chi connectivity index (χ1n) is 4.38. The zero-order valence-electron chi connectivity index (χ0n) is 8.72. The van der Waals surface area contributed by atoms with Gasteiger partial charge in [-0.25, -0.2) is 4.79 Å². The molecule has 5 nitrogen and oxygen atoms in total. The molecule has 0 saturated carbocycles. The fourth-order valence-corrected chi connectivity index (χ4v) is 1.51. The highest BCUT2D eigenvalue weighted by atomic mass is 32.2. The van der Waals surface area contributed by atoms with E-state index in [1.807, 2.05) is 13.8 Å². The number of rotatable bonds is 3. The van der Waals surface area contributed by atoms with Crippen molar-refractivity contribution < 1.29 is 14.7 Å². The van der Waals surface area contributed by atoms with Gasteiger partial charge in [0.15, 0.2) is 5.69 Å². The molecule has 0 atom stereocenters. The van der Waals surface area contributed by atoms with Gasteiger partial charge in [-0.15, -0.1) is 0 Å². The minimum absolute atomic E-state index is 0.0378. The average Bonchev–Trinajstić information content (AvgIpc) is 2.61. The van der Waals surface area contributed by atoms with Gasteiger partial charge in [-0.2, -0.15) is 5.10 Å². The first-order valence-corrected chi connectivity index (χ1v) is 5.61. The maximum atomic E-state index is 11.5. The van der Waals surface area contributed by atoms with Gasteiger partial charge in [-0.05, 0) is 20.1 Å². The molecule has 0 saturated heterocycles. The second kappa shape index (κ2) is 4.48. The van der Waals surface area contributed by atoms with Crippen LogP contribution in [0.15, 0.2) is 6.07 Å². The van der Waals surface area contributed by atoms with Crippen molar-refractivity contribution in [1.82, 2.24) is 9.78 Å². The van der Waals surface area contributed by atoms with Crippen molar-refractivity contribution in [2.45, 2.75) is 19.9 Å². The highest BCUT2D eigenvalue weighted by Crippen LogP contribution is 2.16. The lowest BCUT2D eigenvalue weighted by Crippen LogP contribution is -2.10. The number of carbonyl (C=O) groups excluding carboxylic acids is 1. The van der Waals surface area contributed by atoms with Crippen LogP contribution in [0, 0.1) is 0 Å². The van der Waals surface area contributed by atoms with E-state index in [0.717, 1.165) is 11.8 Å². The van der Waals surface area contributed by atoms with E-state index in [1.54, 1.807) is 6.26 Å². The third-order valence-electron chi connectivity index (χ3n) is 1.84. The quantitative estimate of drug-likeness (QED) is 0.851. The monoisotopic (exact) mass is 228 g/mol. The topological polar surface area (TPSA) is 72.2 Å². The lowest BCUT2D eigenvalue weighted by molar-refractivity contribution is 0.0689. The number of carboxylic acid groups (broad SMARTS) is 1. The largest absolute Gasteiger partial charge is 0.476 e. The molecule has 0 spiro atoms. The molecule has 6 heteroatoms. The number of thioether (sulfide) groups is 1. The average molecular weight is 228 g/mol. The van der Waals surface area contributed by atoms with E-state index in [2.05, 4.69) is 5.10 Å². The zero-order chi connectivity index (χ0) is 11.6. The number of aromatic carboxylic acids is 1.